The van der Waals surface area contributed by atoms with Crippen LogP contribution in [0.4, 0.5) is 0 Å². The summed E-state index contributed by atoms with van der Waals surface area (Å²) in [6.07, 6.45) is 0.319. The quantitative estimate of drug-likeness (QED) is 0.831. The molecular formula is C16H19NO4S2. The third-order valence-electron chi connectivity index (χ3n) is 3.43. The van der Waals surface area contributed by atoms with Gasteiger partial charge in [0.25, 0.3) is 0 Å². The highest BCUT2D eigenvalue weighted by Crippen LogP contribution is 2.32. The normalized spacial score (nSPS) is 12.6. The molecule has 0 saturated carbocycles. The maximum Gasteiger partial charge on any atom is 0.219 e. The molecule has 0 radical (unpaired) electrons. The molecule has 0 aliphatic carbocycles. The summed E-state index contributed by atoms with van der Waals surface area (Å²) in [5, 5.41) is 3.71. The van der Waals surface area contributed by atoms with Gasteiger partial charge in [-0.15, -0.1) is 11.3 Å². The standard InChI is InChI=1S/C16H19NO4S2/c1-3-16(18)17-11-15(14-5-4-10-22-14)23(19,20)13-8-6-12(21-2)7-9-13/h4-10,15H,3,11H2,1-2H3,(H,17,18)/t15-/m0/s1. The molecule has 2 rings (SSSR count). The average molecular weight is 353 g/mol. The summed E-state index contributed by atoms with van der Waals surface area (Å²) in [5.41, 5.74) is 0. The number of hydrogen-bond donors (Lipinski definition) is 1. The molecule has 0 fully saturated rings. The van der Waals surface area contributed by atoms with Gasteiger partial charge in [0.05, 0.1) is 12.0 Å². The van der Waals surface area contributed by atoms with E-state index >= 15 is 0 Å². The van der Waals surface area contributed by atoms with Crippen molar-refractivity contribution in [2.45, 2.75) is 23.5 Å². The Labute approximate surface area is 140 Å². The van der Waals surface area contributed by atoms with E-state index in [9.17, 15) is 13.2 Å². The predicted molar refractivity (Wildman–Crippen MR) is 90.5 cm³/mol. The van der Waals surface area contributed by atoms with Gasteiger partial charge in [0, 0.05) is 17.8 Å². The van der Waals surface area contributed by atoms with Crippen LogP contribution < -0.4 is 10.1 Å². The molecule has 124 valence electrons. The molecule has 1 aromatic heterocycles. The molecule has 1 N–H and O–H groups in total. The number of nitrogens with one attached hydrogen (secondary N) is 1. The van der Waals surface area contributed by atoms with Gasteiger partial charge in [0.2, 0.25) is 5.91 Å². The van der Waals surface area contributed by atoms with Crippen molar-refractivity contribution >= 4 is 27.1 Å². The molecule has 1 aromatic carbocycles. The van der Waals surface area contributed by atoms with Gasteiger partial charge in [0.15, 0.2) is 9.84 Å². The number of hydrogen-bond acceptors (Lipinski definition) is 5. The maximum absolute atomic E-state index is 12.9. The molecule has 0 saturated heterocycles. The summed E-state index contributed by atoms with van der Waals surface area (Å²) in [4.78, 5) is 12.4. The van der Waals surface area contributed by atoms with Gasteiger partial charge < -0.3 is 10.1 Å². The minimum atomic E-state index is -3.61. The second-order valence-corrected chi connectivity index (χ2v) is 7.99. The largest absolute Gasteiger partial charge is 0.497 e. The van der Waals surface area contributed by atoms with Gasteiger partial charge in [-0.2, -0.15) is 0 Å². The Balaban J connectivity index is 2.33. The first-order valence-electron chi connectivity index (χ1n) is 7.17. The second kappa shape index (κ2) is 7.61. The molecule has 1 heterocycles. The van der Waals surface area contributed by atoms with E-state index < -0.39 is 15.1 Å². The van der Waals surface area contributed by atoms with Crippen LogP contribution >= 0.6 is 11.3 Å². The van der Waals surface area contributed by atoms with Gasteiger partial charge in [-0.1, -0.05) is 13.0 Å². The third-order valence-corrected chi connectivity index (χ3v) is 6.66. The first kappa shape index (κ1) is 17.5. The number of thiophene rings is 1. The fourth-order valence-corrected chi connectivity index (χ4v) is 4.88. The fraction of sp³-hybridized carbons (Fsp3) is 0.312. The second-order valence-electron chi connectivity index (χ2n) is 4.88. The summed E-state index contributed by atoms with van der Waals surface area (Å²) in [5.74, 6) is 0.424. The Morgan fingerprint density at radius 2 is 1.96 bits per heavy atom. The van der Waals surface area contributed by atoms with E-state index in [2.05, 4.69) is 5.32 Å². The van der Waals surface area contributed by atoms with Crippen LogP contribution in [0.25, 0.3) is 0 Å². The highest BCUT2D eigenvalue weighted by atomic mass is 32.2. The molecule has 1 atom stereocenters. The van der Waals surface area contributed by atoms with Crippen LogP contribution in [0.3, 0.4) is 0 Å². The average Bonchev–Trinajstić information content (AvgIpc) is 3.08. The van der Waals surface area contributed by atoms with E-state index in [1.165, 1.54) is 30.6 Å². The first-order chi connectivity index (χ1) is 11.0. The number of ether oxygens (including phenoxy) is 1. The zero-order valence-corrected chi connectivity index (χ0v) is 14.6. The van der Waals surface area contributed by atoms with Crippen molar-refractivity contribution in [1.29, 1.82) is 0 Å². The van der Waals surface area contributed by atoms with Gasteiger partial charge in [-0.3, -0.25) is 4.79 Å². The smallest absolute Gasteiger partial charge is 0.219 e. The Morgan fingerprint density at radius 1 is 1.26 bits per heavy atom. The molecule has 7 heteroatoms. The lowest BCUT2D eigenvalue weighted by molar-refractivity contribution is -0.120. The number of benzene rings is 1. The van der Waals surface area contributed by atoms with Crippen LogP contribution in [0.5, 0.6) is 5.75 Å². The zero-order chi connectivity index (χ0) is 16.9. The van der Waals surface area contributed by atoms with Crippen LogP contribution in [0.2, 0.25) is 0 Å². The van der Waals surface area contributed by atoms with Crippen LogP contribution in [-0.2, 0) is 14.6 Å². The van der Waals surface area contributed by atoms with Crippen molar-refractivity contribution in [2.24, 2.45) is 0 Å². The molecule has 0 aliphatic rings. The lowest BCUT2D eigenvalue weighted by Gasteiger charge is -2.17. The summed E-state index contributed by atoms with van der Waals surface area (Å²) in [6.45, 7) is 1.79. The predicted octanol–water partition coefficient (Wildman–Crippen LogP) is 2.80. The Kier molecular flexibility index (Phi) is 5.79. The van der Waals surface area contributed by atoms with Crippen molar-refractivity contribution in [3.63, 3.8) is 0 Å². The number of carbonyl (C=O) groups is 1. The van der Waals surface area contributed by atoms with Gasteiger partial charge >= 0.3 is 0 Å². The number of rotatable bonds is 7. The van der Waals surface area contributed by atoms with Gasteiger partial charge in [0.1, 0.15) is 11.0 Å². The lowest BCUT2D eigenvalue weighted by atomic mass is 10.3. The molecule has 0 aliphatic heterocycles. The zero-order valence-electron chi connectivity index (χ0n) is 13.0. The molecule has 23 heavy (non-hydrogen) atoms. The van der Waals surface area contributed by atoms with Gasteiger partial charge in [-0.25, -0.2) is 8.42 Å². The van der Waals surface area contributed by atoms with E-state index in [0.717, 1.165) is 0 Å². The minimum absolute atomic E-state index is 0.0571. The molecule has 0 unspecified atom stereocenters. The number of amides is 1. The molecular weight excluding hydrogens is 334 g/mol. The molecule has 0 spiro atoms. The highest BCUT2D eigenvalue weighted by Gasteiger charge is 2.30. The van der Waals surface area contributed by atoms with Crippen LogP contribution in [0, 0.1) is 0 Å². The molecule has 2 aromatic rings. The number of sulfone groups is 1. The van der Waals surface area contributed by atoms with Crippen molar-refractivity contribution in [3.8, 4) is 5.75 Å². The Hall–Kier alpha value is -1.86. The Bertz CT molecular complexity index is 737. The van der Waals surface area contributed by atoms with E-state index in [-0.39, 0.29) is 17.3 Å². The van der Waals surface area contributed by atoms with Crippen molar-refractivity contribution in [3.05, 3.63) is 46.7 Å². The lowest BCUT2D eigenvalue weighted by Crippen LogP contribution is -2.31. The monoisotopic (exact) mass is 353 g/mol. The first-order valence-corrected chi connectivity index (χ1v) is 9.59. The molecule has 1 amide bonds. The molecule has 5 nitrogen and oxygen atoms in total. The van der Waals surface area contributed by atoms with Gasteiger partial charge in [-0.05, 0) is 35.7 Å². The van der Waals surface area contributed by atoms with E-state index in [1.807, 2.05) is 5.38 Å². The Morgan fingerprint density at radius 3 is 2.48 bits per heavy atom. The highest BCUT2D eigenvalue weighted by molar-refractivity contribution is 7.91. The summed E-state index contributed by atoms with van der Waals surface area (Å²) < 4.78 is 30.9. The minimum Gasteiger partial charge on any atom is -0.497 e. The van der Waals surface area contributed by atoms with Crippen LogP contribution in [0.15, 0.2) is 46.7 Å². The van der Waals surface area contributed by atoms with Crippen molar-refractivity contribution in [1.82, 2.24) is 5.32 Å². The summed E-state index contributed by atoms with van der Waals surface area (Å²) in [6, 6.07) is 9.85. The molecule has 0 bridgehead atoms. The SMILES string of the molecule is CCC(=O)NC[C@@H](c1cccs1)S(=O)(=O)c1ccc(OC)cc1. The fourth-order valence-electron chi connectivity index (χ4n) is 2.10. The van der Waals surface area contributed by atoms with E-state index in [0.29, 0.717) is 17.0 Å². The maximum atomic E-state index is 12.9. The van der Waals surface area contributed by atoms with Crippen molar-refractivity contribution in [2.75, 3.05) is 13.7 Å². The van der Waals surface area contributed by atoms with Crippen LogP contribution in [-0.4, -0.2) is 28.0 Å². The summed E-state index contributed by atoms with van der Waals surface area (Å²) >= 11 is 1.36. The van der Waals surface area contributed by atoms with Crippen LogP contribution in [0.1, 0.15) is 23.5 Å². The number of carbonyl (C=O) groups excluding carboxylic acids is 1. The van der Waals surface area contributed by atoms with E-state index in [1.54, 1.807) is 31.2 Å². The topological polar surface area (TPSA) is 72.5 Å². The van der Waals surface area contributed by atoms with E-state index in [4.69, 9.17) is 4.74 Å². The number of methoxy groups -OCH3 is 1. The summed E-state index contributed by atoms with van der Waals surface area (Å²) in [7, 11) is -2.09. The van der Waals surface area contributed by atoms with Crippen molar-refractivity contribution < 1.29 is 17.9 Å². The third kappa shape index (κ3) is 4.11.